The van der Waals surface area contributed by atoms with Gasteiger partial charge in [-0.3, -0.25) is 0 Å². The van der Waals surface area contributed by atoms with Gasteiger partial charge in [-0.25, -0.2) is 0 Å². The normalized spacial score (nSPS) is 12.1. The van der Waals surface area contributed by atoms with Crippen LogP contribution in [-0.4, -0.2) is 30.3 Å². The zero-order valence-electron chi connectivity index (χ0n) is 14.6. The van der Waals surface area contributed by atoms with Crippen LogP contribution in [0.2, 0.25) is 0 Å². The van der Waals surface area contributed by atoms with E-state index in [4.69, 9.17) is 0 Å². The van der Waals surface area contributed by atoms with Crippen molar-refractivity contribution in [3.8, 4) is 5.88 Å². The topological polar surface area (TPSA) is 115 Å². The summed E-state index contributed by atoms with van der Waals surface area (Å²) in [6.07, 6.45) is 0. The number of aromatic nitrogens is 5. The summed E-state index contributed by atoms with van der Waals surface area (Å²) in [6.45, 7) is 3.98. The highest BCUT2D eigenvalue weighted by atomic mass is 16.3. The Morgan fingerprint density at radius 3 is 2.33 bits per heavy atom. The molecular formula is C19H15N7O. The van der Waals surface area contributed by atoms with Crippen LogP contribution in [-0.2, 0) is 0 Å². The first kappa shape index (κ1) is 15.4. The van der Waals surface area contributed by atoms with Crippen LogP contribution in [0.5, 0.6) is 5.88 Å². The Morgan fingerprint density at radius 1 is 0.852 bits per heavy atom. The van der Waals surface area contributed by atoms with Crippen molar-refractivity contribution >= 4 is 44.6 Å². The van der Waals surface area contributed by atoms with Crippen LogP contribution < -0.4 is 0 Å². The SMILES string of the molecule is Cc1cccc2c(N=Nc3nnc4c(n3)[nH]c3c(C)cccc34)c(O)[nH]c12. The molecule has 0 unspecified atom stereocenters. The molecule has 0 spiro atoms. The molecule has 0 radical (unpaired) electrons. The quantitative estimate of drug-likeness (QED) is 0.396. The van der Waals surface area contributed by atoms with E-state index >= 15 is 0 Å². The molecule has 5 rings (SSSR count). The molecule has 0 fully saturated rings. The van der Waals surface area contributed by atoms with E-state index < -0.39 is 0 Å². The van der Waals surface area contributed by atoms with E-state index in [2.05, 4.69) is 35.4 Å². The number of nitrogens with one attached hydrogen (secondary N) is 2. The highest BCUT2D eigenvalue weighted by Gasteiger charge is 2.13. The number of rotatable bonds is 2. The molecule has 3 heterocycles. The van der Waals surface area contributed by atoms with E-state index in [-0.39, 0.29) is 11.8 Å². The van der Waals surface area contributed by atoms with E-state index in [9.17, 15) is 5.11 Å². The largest absolute Gasteiger partial charge is 0.493 e. The second-order valence-electron chi connectivity index (χ2n) is 6.45. The third-order valence-corrected chi connectivity index (χ3v) is 4.68. The average Bonchev–Trinajstić information content (AvgIpc) is 3.19. The number of aryl methyl sites for hydroxylation is 2. The molecule has 3 N–H and O–H groups in total. The average molecular weight is 357 g/mol. The van der Waals surface area contributed by atoms with Gasteiger partial charge in [0, 0.05) is 10.8 Å². The van der Waals surface area contributed by atoms with Crippen LogP contribution in [0.25, 0.3) is 33.0 Å². The number of hydrogen-bond donors (Lipinski definition) is 3. The van der Waals surface area contributed by atoms with E-state index in [0.29, 0.717) is 16.9 Å². The number of hydrogen-bond acceptors (Lipinski definition) is 6. The Kier molecular flexibility index (Phi) is 3.20. The molecule has 0 saturated heterocycles. The minimum Gasteiger partial charge on any atom is -0.493 e. The maximum Gasteiger partial charge on any atom is 0.289 e. The fourth-order valence-corrected chi connectivity index (χ4v) is 3.31. The lowest BCUT2D eigenvalue weighted by atomic mass is 10.1. The van der Waals surface area contributed by atoms with E-state index in [0.717, 1.165) is 32.9 Å². The molecule has 0 amide bonds. The van der Waals surface area contributed by atoms with E-state index in [1.165, 1.54) is 0 Å². The lowest BCUT2D eigenvalue weighted by molar-refractivity contribution is 0.459. The van der Waals surface area contributed by atoms with Crippen molar-refractivity contribution in [2.45, 2.75) is 13.8 Å². The maximum atomic E-state index is 10.2. The summed E-state index contributed by atoms with van der Waals surface area (Å²) in [4.78, 5) is 10.6. The van der Waals surface area contributed by atoms with Crippen LogP contribution in [0.1, 0.15) is 11.1 Å². The van der Waals surface area contributed by atoms with Gasteiger partial charge in [0.15, 0.2) is 11.3 Å². The second kappa shape index (κ2) is 5.60. The Balaban J connectivity index is 1.61. The molecule has 132 valence electrons. The molecule has 2 aromatic carbocycles. The van der Waals surface area contributed by atoms with Gasteiger partial charge in [-0.05, 0) is 25.0 Å². The number of aromatic amines is 2. The first-order valence-electron chi connectivity index (χ1n) is 8.45. The zero-order valence-corrected chi connectivity index (χ0v) is 14.6. The number of aromatic hydroxyl groups is 1. The van der Waals surface area contributed by atoms with Crippen molar-refractivity contribution in [1.82, 2.24) is 25.1 Å². The lowest BCUT2D eigenvalue weighted by Crippen LogP contribution is -1.86. The van der Waals surface area contributed by atoms with Crippen LogP contribution in [0.4, 0.5) is 11.6 Å². The molecule has 0 aliphatic carbocycles. The van der Waals surface area contributed by atoms with Crippen molar-refractivity contribution < 1.29 is 5.11 Å². The molecule has 0 saturated carbocycles. The molecule has 0 aliphatic heterocycles. The Morgan fingerprint density at radius 2 is 1.56 bits per heavy atom. The first-order valence-corrected chi connectivity index (χ1v) is 8.45. The number of para-hydroxylation sites is 2. The van der Waals surface area contributed by atoms with Gasteiger partial charge in [0.1, 0.15) is 5.52 Å². The Hall–Kier alpha value is -3.81. The van der Waals surface area contributed by atoms with E-state index in [1.807, 2.05) is 50.2 Å². The fraction of sp³-hybridized carbons (Fsp3) is 0.105. The van der Waals surface area contributed by atoms with Gasteiger partial charge in [0.25, 0.3) is 5.95 Å². The Labute approximate surface area is 153 Å². The molecule has 8 heteroatoms. The molecule has 8 nitrogen and oxygen atoms in total. The van der Waals surface area contributed by atoms with E-state index in [1.54, 1.807) is 0 Å². The lowest BCUT2D eigenvalue weighted by Gasteiger charge is -1.94. The molecule has 0 aliphatic rings. The number of azo groups is 1. The van der Waals surface area contributed by atoms with Gasteiger partial charge in [-0.2, -0.15) is 4.98 Å². The standard InChI is InChI=1S/C19H15N7O/c1-9-5-3-7-11-13(9)20-17-15(11)23-25-19(22-17)26-24-16-12-8-4-6-10(2)14(12)21-18(16)27/h3-8,21,27H,1-2H3,(H,20,22,25). The third-order valence-electron chi connectivity index (χ3n) is 4.68. The van der Waals surface area contributed by atoms with Gasteiger partial charge in [-0.1, -0.05) is 36.4 Å². The van der Waals surface area contributed by atoms with Gasteiger partial charge < -0.3 is 15.1 Å². The molecule has 0 bridgehead atoms. The number of fused-ring (bicyclic) bond motifs is 4. The smallest absolute Gasteiger partial charge is 0.289 e. The predicted octanol–water partition coefficient (Wildman–Crippen LogP) is 4.73. The van der Waals surface area contributed by atoms with Crippen LogP contribution in [0.3, 0.4) is 0 Å². The monoisotopic (exact) mass is 357 g/mol. The minimum absolute atomic E-state index is 0.0432. The summed E-state index contributed by atoms with van der Waals surface area (Å²) in [5.74, 6) is 0.0754. The van der Waals surface area contributed by atoms with Crippen molar-refractivity contribution in [2.24, 2.45) is 10.2 Å². The molecule has 27 heavy (non-hydrogen) atoms. The van der Waals surface area contributed by atoms with Gasteiger partial charge in [-0.15, -0.1) is 20.4 Å². The minimum atomic E-state index is -0.0432. The Bertz CT molecular complexity index is 1360. The van der Waals surface area contributed by atoms with Crippen molar-refractivity contribution in [2.75, 3.05) is 0 Å². The van der Waals surface area contributed by atoms with Gasteiger partial charge >= 0.3 is 0 Å². The van der Waals surface area contributed by atoms with Crippen molar-refractivity contribution in [3.05, 3.63) is 47.5 Å². The molecule has 0 atom stereocenters. The molecule has 3 aromatic heterocycles. The highest BCUT2D eigenvalue weighted by molar-refractivity contribution is 6.04. The second-order valence-corrected chi connectivity index (χ2v) is 6.45. The summed E-state index contributed by atoms with van der Waals surface area (Å²) in [5.41, 5.74) is 5.56. The highest BCUT2D eigenvalue weighted by Crippen LogP contribution is 2.37. The van der Waals surface area contributed by atoms with Crippen molar-refractivity contribution in [1.29, 1.82) is 0 Å². The summed E-state index contributed by atoms with van der Waals surface area (Å²) in [6, 6.07) is 11.7. The summed E-state index contributed by atoms with van der Waals surface area (Å²) in [7, 11) is 0. The molecular weight excluding hydrogens is 342 g/mol. The summed E-state index contributed by atoms with van der Waals surface area (Å²) in [5, 5.41) is 28.4. The van der Waals surface area contributed by atoms with Crippen LogP contribution in [0.15, 0.2) is 46.6 Å². The number of H-pyrrole nitrogens is 2. The zero-order chi connectivity index (χ0) is 18.5. The molecule has 5 aromatic rings. The first-order chi connectivity index (χ1) is 13.1. The van der Waals surface area contributed by atoms with Gasteiger partial charge in [0.05, 0.1) is 11.0 Å². The van der Waals surface area contributed by atoms with Crippen LogP contribution in [0, 0.1) is 13.8 Å². The van der Waals surface area contributed by atoms with Crippen LogP contribution >= 0.6 is 0 Å². The van der Waals surface area contributed by atoms with Crippen molar-refractivity contribution in [3.63, 3.8) is 0 Å². The van der Waals surface area contributed by atoms with Gasteiger partial charge in [0.2, 0.25) is 5.88 Å². The maximum absolute atomic E-state index is 10.2. The fourth-order valence-electron chi connectivity index (χ4n) is 3.31. The summed E-state index contributed by atoms with van der Waals surface area (Å²) >= 11 is 0. The summed E-state index contributed by atoms with van der Waals surface area (Å²) < 4.78 is 0. The predicted molar refractivity (Wildman–Crippen MR) is 103 cm³/mol. The third kappa shape index (κ3) is 2.34. The number of benzene rings is 2. The number of nitrogens with zero attached hydrogens (tertiary/aromatic N) is 5.